The van der Waals surface area contributed by atoms with Gasteiger partial charge in [0.25, 0.3) is 0 Å². The normalized spacial score (nSPS) is 11.0. The SMILES string of the molecule is Cn1cc(-c2cc(Cl)ccc2Cl)c2ccc(C(=O)O)cc21. The Bertz CT molecular complexity index is 868. The Morgan fingerprint density at radius 2 is 1.86 bits per heavy atom. The third-order valence-electron chi connectivity index (χ3n) is 3.46. The van der Waals surface area contributed by atoms with Gasteiger partial charge >= 0.3 is 5.97 Å². The first-order chi connectivity index (χ1) is 9.97. The van der Waals surface area contributed by atoms with Crippen LogP contribution in [0.25, 0.3) is 22.0 Å². The van der Waals surface area contributed by atoms with Gasteiger partial charge < -0.3 is 9.67 Å². The molecule has 0 atom stereocenters. The monoisotopic (exact) mass is 319 g/mol. The minimum absolute atomic E-state index is 0.257. The fourth-order valence-electron chi connectivity index (χ4n) is 2.44. The maximum Gasteiger partial charge on any atom is 0.335 e. The number of hydrogen-bond donors (Lipinski definition) is 1. The van der Waals surface area contributed by atoms with Gasteiger partial charge in [-0.25, -0.2) is 4.79 Å². The standard InChI is InChI=1S/C16H11Cl2NO2/c1-19-8-13(12-7-10(17)3-5-14(12)18)11-4-2-9(16(20)21)6-15(11)19/h2-8H,1H3,(H,20,21). The Balaban J connectivity index is 2.29. The third-order valence-corrected chi connectivity index (χ3v) is 4.02. The maximum absolute atomic E-state index is 11.1. The van der Waals surface area contributed by atoms with E-state index in [9.17, 15) is 4.79 Å². The zero-order chi connectivity index (χ0) is 15.1. The first-order valence-electron chi connectivity index (χ1n) is 6.25. The Morgan fingerprint density at radius 3 is 2.57 bits per heavy atom. The molecule has 1 heterocycles. The van der Waals surface area contributed by atoms with Crippen molar-refractivity contribution in [2.75, 3.05) is 0 Å². The van der Waals surface area contributed by atoms with Crippen LogP contribution in [0.5, 0.6) is 0 Å². The van der Waals surface area contributed by atoms with Crippen LogP contribution in [0.3, 0.4) is 0 Å². The molecular weight excluding hydrogens is 309 g/mol. The van der Waals surface area contributed by atoms with Crippen molar-refractivity contribution in [2.24, 2.45) is 7.05 Å². The summed E-state index contributed by atoms with van der Waals surface area (Å²) in [6, 6.07) is 10.3. The molecule has 0 amide bonds. The number of benzene rings is 2. The number of nitrogens with zero attached hydrogens (tertiary/aromatic N) is 1. The highest BCUT2D eigenvalue weighted by molar-refractivity contribution is 6.35. The lowest BCUT2D eigenvalue weighted by atomic mass is 10.0. The van der Waals surface area contributed by atoms with Crippen molar-refractivity contribution in [3.63, 3.8) is 0 Å². The molecule has 0 fully saturated rings. The highest BCUT2D eigenvalue weighted by atomic mass is 35.5. The molecule has 21 heavy (non-hydrogen) atoms. The number of rotatable bonds is 2. The van der Waals surface area contributed by atoms with E-state index in [4.69, 9.17) is 28.3 Å². The predicted molar refractivity (Wildman–Crippen MR) is 85.3 cm³/mol. The number of aromatic carboxylic acids is 1. The molecule has 106 valence electrons. The van der Waals surface area contributed by atoms with Gasteiger partial charge in [0.05, 0.1) is 5.56 Å². The van der Waals surface area contributed by atoms with Crippen LogP contribution >= 0.6 is 23.2 Å². The van der Waals surface area contributed by atoms with Gasteiger partial charge in [-0.15, -0.1) is 0 Å². The average Bonchev–Trinajstić information content (AvgIpc) is 2.78. The molecule has 0 saturated carbocycles. The summed E-state index contributed by atoms with van der Waals surface area (Å²) in [5.74, 6) is -0.944. The van der Waals surface area contributed by atoms with E-state index in [1.165, 1.54) is 0 Å². The van der Waals surface area contributed by atoms with Gasteiger partial charge in [0.2, 0.25) is 0 Å². The van der Waals surface area contributed by atoms with Gasteiger partial charge in [0, 0.05) is 45.3 Å². The minimum Gasteiger partial charge on any atom is -0.478 e. The molecule has 3 aromatic rings. The number of aromatic nitrogens is 1. The second-order valence-corrected chi connectivity index (χ2v) is 5.66. The van der Waals surface area contributed by atoms with Crippen LogP contribution < -0.4 is 0 Å². The van der Waals surface area contributed by atoms with Gasteiger partial charge in [-0.3, -0.25) is 0 Å². The molecule has 0 bridgehead atoms. The maximum atomic E-state index is 11.1. The summed E-state index contributed by atoms with van der Waals surface area (Å²) in [5, 5.41) is 11.2. The van der Waals surface area contributed by atoms with Crippen LogP contribution in [0.2, 0.25) is 10.0 Å². The van der Waals surface area contributed by atoms with Gasteiger partial charge in [0.15, 0.2) is 0 Å². The molecule has 1 N–H and O–H groups in total. The van der Waals surface area contributed by atoms with Crippen molar-refractivity contribution in [3.8, 4) is 11.1 Å². The highest BCUT2D eigenvalue weighted by Gasteiger charge is 2.14. The Kier molecular flexibility index (Phi) is 3.40. The summed E-state index contributed by atoms with van der Waals surface area (Å²) < 4.78 is 1.88. The summed E-state index contributed by atoms with van der Waals surface area (Å²) in [6.07, 6.45) is 1.92. The molecule has 0 spiro atoms. The van der Waals surface area contributed by atoms with E-state index in [2.05, 4.69) is 0 Å². The van der Waals surface area contributed by atoms with Crippen LogP contribution in [0.1, 0.15) is 10.4 Å². The van der Waals surface area contributed by atoms with Crippen molar-refractivity contribution in [1.29, 1.82) is 0 Å². The minimum atomic E-state index is -0.944. The molecule has 0 radical (unpaired) electrons. The number of hydrogen-bond acceptors (Lipinski definition) is 1. The number of carbonyl (C=O) groups is 1. The summed E-state index contributed by atoms with van der Waals surface area (Å²) in [4.78, 5) is 11.1. The largest absolute Gasteiger partial charge is 0.478 e. The number of fused-ring (bicyclic) bond motifs is 1. The third kappa shape index (κ3) is 2.39. The summed E-state index contributed by atoms with van der Waals surface area (Å²) in [5.41, 5.74) is 2.85. The topological polar surface area (TPSA) is 42.2 Å². The lowest BCUT2D eigenvalue weighted by Crippen LogP contribution is -1.96. The zero-order valence-corrected chi connectivity index (χ0v) is 12.6. The van der Waals surface area contributed by atoms with Crippen molar-refractivity contribution in [3.05, 3.63) is 58.2 Å². The summed E-state index contributed by atoms with van der Waals surface area (Å²) >= 11 is 12.3. The van der Waals surface area contributed by atoms with Crippen molar-refractivity contribution >= 4 is 40.1 Å². The van der Waals surface area contributed by atoms with E-state index in [0.717, 1.165) is 22.0 Å². The average molecular weight is 320 g/mol. The molecule has 0 unspecified atom stereocenters. The quantitative estimate of drug-likeness (QED) is 0.733. The summed E-state index contributed by atoms with van der Waals surface area (Å²) in [7, 11) is 1.87. The van der Waals surface area contributed by atoms with E-state index in [1.807, 2.05) is 23.9 Å². The van der Waals surface area contributed by atoms with E-state index in [0.29, 0.717) is 10.0 Å². The number of carboxylic acids is 1. The van der Waals surface area contributed by atoms with E-state index in [1.54, 1.807) is 30.3 Å². The molecule has 0 aliphatic rings. The van der Waals surface area contributed by atoms with Crippen LogP contribution in [-0.4, -0.2) is 15.6 Å². The molecule has 2 aromatic carbocycles. The first-order valence-corrected chi connectivity index (χ1v) is 7.01. The molecule has 5 heteroatoms. The fraction of sp³-hybridized carbons (Fsp3) is 0.0625. The molecule has 3 rings (SSSR count). The highest BCUT2D eigenvalue weighted by Crippen LogP contribution is 2.36. The van der Waals surface area contributed by atoms with Gasteiger partial charge in [0.1, 0.15) is 0 Å². The van der Waals surface area contributed by atoms with E-state index < -0.39 is 5.97 Å². The first kappa shape index (κ1) is 14.0. The smallest absolute Gasteiger partial charge is 0.335 e. The lowest BCUT2D eigenvalue weighted by Gasteiger charge is -2.04. The molecule has 3 nitrogen and oxygen atoms in total. The van der Waals surface area contributed by atoms with Crippen molar-refractivity contribution < 1.29 is 9.90 Å². The molecule has 0 aliphatic carbocycles. The van der Waals surface area contributed by atoms with Gasteiger partial charge in [-0.1, -0.05) is 29.3 Å². The van der Waals surface area contributed by atoms with Gasteiger partial charge in [-0.05, 0) is 30.3 Å². The fourth-order valence-corrected chi connectivity index (χ4v) is 2.83. The predicted octanol–water partition coefficient (Wildman–Crippen LogP) is 4.85. The second kappa shape index (κ2) is 5.10. The van der Waals surface area contributed by atoms with Crippen LogP contribution in [-0.2, 0) is 7.05 Å². The lowest BCUT2D eigenvalue weighted by molar-refractivity contribution is 0.0697. The van der Waals surface area contributed by atoms with Crippen molar-refractivity contribution in [1.82, 2.24) is 4.57 Å². The number of aryl methyl sites for hydroxylation is 1. The summed E-state index contributed by atoms with van der Waals surface area (Å²) in [6.45, 7) is 0. The van der Waals surface area contributed by atoms with Crippen LogP contribution in [0.4, 0.5) is 0 Å². The van der Waals surface area contributed by atoms with E-state index >= 15 is 0 Å². The molecule has 0 aliphatic heterocycles. The molecule has 1 aromatic heterocycles. The Hall–Kier alpha value is -1.97. The Labute approximate surface area is 131 Å². The van der Waals surface area contributed by atoms with Crippen LogP contribution in [0.15, 0.2) is 42.6 Å². The molecular formula is C16H11Cl2NO2. The van der Waals surface area contributed by atoms with E-state index in [-0.39, 0.29) is 5.56 Å². The Morgan fingerprint density at radius 1 is 1.10 bits per heavy atom. The molecule has 0 saturated heterocycles. The second-order valence-electron chi connectivity index (χ2n) is 4.81. The number of halogens is 2. The zero-order valence-electron chi connectivity index (χ0n) is 11.1. The van der Waals surface area contributed by atoms with Gasteiger partial charge in [-0.2, -0.15) is 0 Å². The van der Waals surface area contributed by atoms with Crippen molar-refractivity contribution in [2.45, 2.75) is 0 Å². The number of carboxylic acid groups (broad SMARTS) is 1. The van der Waals surface area contributed by atoms with Crippen LogP contribution in [0, 0.1) is 0 Å².